The van der Waals surface area contributed by atoms with Crippen LogP contribution < -0.4 is 16.0 Å². The van der Waals surface area contributed by atoms with Crippen molar-refractivity contribution in [2.24, 2.45) is 0 Å². The van der Waals surface area contributed by atoms with Crippen LogP contribution in [-0.4, -0.2) is 57.6 Å². The lowest BCUT2D eigenvalue weighted by molar-refractivity contribution is -0.133. The van der Waals surface area contributed by atoms with Crippen molar-refractivity contribution in [3.05, 3.63) is 98.3 Å². The number of aromatic nitrogens is 2. The molecule has 1 saturated heterocycles. The molecule has 0 unspecified atom stereocenters. The van der Waals surface area contributed by atoms with Crippen molar-refractivity contribution in [2.75, 3.05) is 32.8 Å². The molecule has 1 aromatic heterocycles. The summed E-state index contributed by atoms with van der Waals surface area (Å²) in [4.78, 5) is 42.2. The van der Waals surface area contributed by atoms with E-state index >= 15 is 0 Å². The highest BCUT2D eigenvalue weighted by Gasteiger charge is 2.23. The van der Waals surface area contributed by atoms with Crippen molar-refractivity contribution in [3.8, 4) is 5.75 Å². The van der Waals surface area contributed by atoms with E-state index in [0.717, 1.165) is 48.5 Å². The average Bonchev–Trinajstić information content (AvgIpc) is 3.32. The number of benzene rings is 2. The van der Waals surface area contributed by atoms with E-state index in [0.29, 0.717) is 19.6 Å². The highest BCUT2D eigenvalue weighted by Crippen LogP contribution is 2.26. The molecule has 176 valence electrons. The van der Waals surface area contributed by atoms with Crippen molar-refractivity contribution in [2.45, 2.75) is 26.1 Å². The Balaban J connectivity index is 1.20. The van der Waals surface area contributed by atoms with Gasteiger partial charge in [-0.25, -0.2) is 4.79 Å². The monoisotopic (exact) mass is 460 g/mol. The molecule has 3 aromatic rings. The van der Waals surface area contributed by atoms with Gasteiger partial charge in [0.05, 0.1) is 13.2 Å². The molecule has 0 atom stereocenters. The summed E-state index contributed by atoms with van der Waals surface area (Å²) in [6.07, 6.45) is 2.44. The van der Waals surface area contributed by atoms with Crippen LogP contribution in [0.2, 0.25) is 0 Å². The highest BCUT2D eigenvalue weighted by molar-refractivity contribution is 5.76. The van der Waals surface area contributed by atoms with Crippen LogP contribution in [0, 0.1) is 0 Å². The average molecular weight is 461 g/mol. The lowest BCUT2D eigenvalue weighted by atomic mass is 10.1. The van der Waals surface area contributed by atoms with Crippen LogP contribution in [0.25, 0.3) is 0 Å². The zero-order chi connectivity index (χ0) is 23.5. The maximum Gasteiger partial charge on any atom is 0.331 e. The van der Waals surface area contributed by atoms with Gasteiger partial charge in [0.2, 0.25) is 5.91 Å². The summed E-state index contributed by atoms with van der Waals surface area (Å²) in [6.45, 7) is 4.35. The maximum atomic E-state index is 12.9. The molecule has 0 bridgehead atoms. The van der Waals surface area contributed by atoms with Gasteiger partial charge in [-0.3, -0.25) is 23.6 Å². The van der Waals surface area contributed by atoms with Crippen molar-refractivity contribution in [3.63, 3.8) is 0 Å². The van der Waals surface area contributed by atoms with E-state index < -0.39 is 11.2 Å². The Kier molecular flexibility index (Phi) is 6.31. The minimum atomic E-state index is -0.469. The molecule has 2 aromatic carbocycles. The summed E-state index contributed by atoms with van der Waals surface area (Å²) in [6, 6.07) is 17.2. The second-order valence-electron chi connectivity index (χ2n) is 8.83. The molecule has 8 heteroatoms. The van der Waals surface area contributed by atoms with Crippen molar-refractivity contribution in [1.29, 1.82) is 0 Å². The van der Waals surface area contributed by atoms with E-state index in [1.165, 1.54) is 28.0 Å². The highest BCUT2D eigenvalue weighted by atomic mass is 16.5. The summed E-state index contributed by atoms with van der Waals surface area (Å²) in [5, 5.41) is 0. The third-order valence-electron chi connectivity index (χ3n) is 6.51. The minimum Gasteiger partial charge on any atom is -0.493 e. The number of fused-ring (bicyclic) bond motifs is 1. The molecule has 8 nitrogen and oxygen atoms in total. The van der Waals surface area contributed by atoms with Crippen LogP contribution in [0.1, 0.15) is 16.7 Å². The van der Waals surface area contributed by atoms with Crippen LogP contribution in [0.15, 0.2) is 70.4 Å². The second-order valence-corrected chi connectivity index (χ2v) is 8.83. The first kappa shape index (κ1) is 22.2. The number of piperazine rings is 1. The number of amides is 1. The molecule has 5 rings (SSSR count). The molecule has 2 aliphatic rings. The summed E-state index contributed by atoms with van der Waals surface area (Å²) in [5.41, 5.74) is 2.54. The summed E-state index contributed by atoms with van der Waals surface area (Å²) in [5.74, 6) is 0.782. The van der Waals surface area contributed by atoms with Gasteiger partial charge in [0.1, 0.15) is 12.3 Å². The molecular weight excluding hydrogens is 432 g/mol. The lowest BCUT2D eigenvalue weighted by Crippen LogP contribution is -2.51. The van der Waals surface area contributed by atoms with Gasteiger partial charge in [0.25, 0.3) is 5.56 Å². The largest absolute Gasteiger partial charge is 0.493 e. The smallest absolute Gasteiger partial charge is 0.331 e. The Morgan fingerprint density at radius 2 is 1.68 bits per heavy atom. The predicted molar refractivity (Wildman–Crippen MR) is 128 cm³/mol. The second kappa shape index (κ2) is 9.69. The number of ether oxygens (including phenoxy) is 1. The Labute approximate surface area is 197 Å². The van der Waals surface area contributed by atoms with Crippen molar-refractivity contribution in [1.82, 2.24) is 18.9 Å². The number of hydrogen-bond acceptors (Lipinski definition) is 5. The fourth-order valence-electron chi connectivity index (χ4n) is 4.59. The summed E-state index contributed by atoms with van der Waals surface area (Å²) in [7, 11) is 0. The van der Waals surface area contributed by atoms with Gasteiger partial charge in [0.15, 0.2) is 0 Å². The van der Waals surface area contributed by atoms with E-state index in [4.69, 9.17) is 4.74 Å². The topological polar surface area (TPSA) is 76.8 Å². The SMILES string of the molecule is O=C(Cn1c(=O)ccn(Cc2ccccc2)c1=O)N1CCN(Cc2ccc3c(c2)CCO3)CC1. The van der Waals surface area contributed by atoms with Crippen molar-refractivity contribution < 1.29 is 9.53 Å². The maximum absolute atomic E-state index is 12.9. The Bertz CT molecular complexity index is 1290. The molecular formula is C26H28N4O4. The van der Waals surface area contributed by atoms with Gasteiger partial charge < -0.3 is 9.64 Å². The fourth-order valence-corrected chi connectivity index (χ4v) is 4.59. The third-order valence-corrected chi connectivity index (χ3v) is 6.51. The summed E-state index contributed by atoms with van der Waals surface area (Å²) < 4.78 is 8.07. The first-order valence-electron chi connectivity index (χ1n) is 11.7. The number of nitrogens with zero attached hydrogens (tertiary/aromatic N) is 4. The quantitative estimate of drug-likeness (QED) is 0.555. The molecule has 2 aliphatic heterocycles. The van der Waals surface area contributed by atoms with E-state index in [9.17, 15) is 14.4 Å². The van der Waals surface area contributed by atoms with Crippen LogP contribution in [0.3, 0.4) is 0 Å². The van der Waals surface area contributed by atoms with Gasteiger partial charge in [-0.1, -0.05) is 42.5 Å². The molecule has 3 heterocycles. The number of rotatable bonds is 6. The van der Waals surface area contributed by atoms with Crippen LogP contribution in [0.5, 0.6) is 5.75 Å². The van der Waals surface area contributed by atoms with E-state index in [-0.39, 0.29) is 12.5 Å². The van der Waals surface area contributed by atoms with Gasteiger partial charge in [-0.2, -0.15) is 0 Å². The normalized spacial score (nSPS) is 15.7. The van der Waals surface area contributed by atoms with Gasteiger partial charge in [-0.05, 0) is 22.8 Å². The van der Waals surface area contributed by atoms with Gasteiger partial charge >= 0.3 is 5.69 Å². The predicted octanol–water partition coefficient (Wildman–Crippen LogP) is 1.34. The molecule has 0 spiro atoms. The van der Waals surface area contributed by atoms with Crippen LogP contribution in [-0.2, 0) is 30.8 Å². The Morgan fingerprint density at radius 1 is 0.882 bits per heavy atom. The van der Waals surface area contributed by atoms with E-state index in [1.54, 1.807) is 4.90 Å². The fraction of sp³-hybridized carbons (Fsp3) is 0.346. The van der Waals surface area contributed by atoms with Crippen LogP contribution >= 0.6 is 0 Å². The molecule has 34 heavy (non-hydrogen) atoms. The lowest BCUT2D eigenvalue weighted by Gasteiger charge is -2.34. The number of carbonyl (C=O) groups excluding carboxylic acids is 1. The zero-order valence-electron chi connectivity index (χ0n) is 19.1. The van der Waals surface area contributed by atoms with E-state index in [1.807, 2.05) is 36.4 Å². The Morgan fingerprint density at radius 3 is 2.47 bits per heavy atom. The molecule has 1 fully saturated rings. The standard InChI is InChI=1S/C26H28N4O4/c31-24-8-10-29(18-20-4-2-1-3-5-20)26(33)30(24)19-25(32)28-13-11-27(12-14-28)17-21-6-7-23-22(16-21)9-15-34-23/h1-8,10,16H,9,11-15,17-19H2. The van der Waals surface area contributed by atoms with Gasteiger partial charge in [0, 0.05) is 51.4 Å². The number of hydrogen-bond donors (Lipinski definition) is 0. The molecule has 0 radical (unpaired) electrons. The van der Waals surface area contributed by atoms with Crippen LogP contribution in [0.4, 0.5) is 0 Å². The zero-order valence-corrected chi connectivity index (χ0v) is 19.1. The Hall–Kier alpha value is -3.65. The molecule has 0 saturated carbocycles. The summed E-state index contributed by atoms with van der Waals surface area (Å²) >= 11 is 0. The van der Waals surface area contributed by atoms with E-state index in [2.05, 4.69) is 17.0 Å². The first-order chi connectivity index (χ1) is 16.6. The number of carbonyl (C=O) groups is 1. The van der Waals surface area contributed by atoms with Crippen molar-refractivity contribution >= 4 is 5.91 Å². The van der Waals surface area contributed by atoms with Gasteiger partial charge in [-0.15, -0.1) is 0 Å². The third kappa shape index (κ3) is 4.82. The minimum absolute atomic E-state index is 0.203. The first-order valence-corrected chi connectivity index (χ1v) is 11.7. The molecule has 0 aliphatic carbocycles. The molecule has 0 N–H and O–H groups in total. The molecule has 1 amide bonds.